The van der Waals surface area contributed by atoms with Crippen LogP contribution in [0.15, 0.2) is 16.6 Å². The Morgan fingerprint density at radius 3 is 2.40 bits per heavy atom. The van der Waals surface area contributed by atoms with E-state index in [-0.39, 0.29) is 21.6 Å². The highest BCUT2D eigenvalue weighted by Crippen LogP contribution is 2.28. The highest BCUT2D eigenvalue weighted by atomic mass is 79.9. The van der Waals surface area contributed by atoms with Gasteiger partial charge in [0.2, 0.25) is 10.0 Å². The molecule has 3 N–H and O–H groups in total. The molecule has 1 aromatic carbocycles. The van der Waals surface area contributed by atoms with E-state index in [4.69, 9.17) is 5.73 Å². The lowest BCUT2D eigenvalue weighted by molar-refractivity contribution is 0.590. The van der Waals surface area contributed by atoms with Crippen molar-refractivity contribution in [2.24, 2.45) is 0 Å². The second-order valence-electron chi connectivity index (χ2n) is 4.01. The van der Waals surface area contributed by atoms with Gasteiger partial charge in [-0.05, 0) is 28.1 Å². The molecule has 0 saturated heterocycles. The zero-order valence-electron chi connectivity index (χ0n) is 10.6. The maximum absolute atomic E-state index is 13.1. The smallest absolute Gasteiger partial charge is 0.233 e. The molecule has 0 unspecified atom stereocenters. The molecule has 1 aromatic rings. The average Bonchev–Trinajstić information content (AvgIpc) is 2.34. The van der Waals surface area contributed by atoms with Crippen molar-refractivity contribution < 1.29 is 21.2 Å². The number of hydrogen-bond donors (Lipinski definition) is 2. The number of rotatable bonds is 6. The minimum absolute atomic E-state index is 0.0535. The molecule has 6 nitrogen and oxygen atoms in total. The fraction of sp³-hybridized carbons (Fsp3) is 0.400. The van der Waals surface area contributed by atoms with Gasteiger partial charge in [-0.1, -0.05) is 6.92 Å². The molecule has 0 aliphatic heterocycles. The number of nitrogen functional groups attached to an aromatic ring is 1. The molecule has 20 heavy (non-hydrogen) atoms. The molecule has 0 aliphatic carbocycles. The molecular formula is C10H14BrFN2O4S2. The van der Waals surface area contributed by atoms with Gasteiger partial charge in [-0.2, -0.15) is 0 Å². The number of anilines is 2. The van der Waals surface area contributed by atoms with Crippen LogP contribution < -0.4 is 10.5 Å². The molecule has 114 valence electrons. The van der Waals surface area contributed by atoms with Gasteiger partial charge in [0.15, 0.2) is 9.84 Å². The van der Waals surface area contributed by atoms with Crippen molar-refractivity contribution in [3.8, 4) is 0 Å². The Bertz CT molecular complexity index is 704. The van der Waals surface area contributed by atoms with Gasteiger partial charge in [-0.25, -0.2) is 21.2 Å². The van der Waals surface area contributed by atoms with Crippen LogP contribution in [0.1, 0.15) is 6.92 Å². The zero-order chi connectivity index (χ0) is 15.6. The fourth-order valence-corrected chi connectivity index (χ4v) is 4.58. The van der Waals surface area contributed by atoms with Crippen LogP contribution in [0.4, 0.5) is 15.8 Å². The van der Waals surface area contributed by atoms with E-state index in [9.17, 15) is 21.2 Å². The summed E-state index contributed by atoms with van der Waals surface area (Å²) < 4.78 is 61.6. The van der Waals surface area contributed by atoms with Crippen LogP contribution in [-0.4, -0.2) is 34.1 Å². The molecule has 0 radical (unpaired) electrons. The molecule has 0 aliphatic rings. The molecule has 1 rings (SSSR count). The van der Waals surface area contributed by atoms with Gasteiger partial charge in [0, 0.05) is 10.2 Å². The molecule has 0 spiro atoms. The standard InChI is InChI=1S/C10H14BrFN2O4S2/c1-2-19(15,16)3-4-20(17,18)14-10-6-9(13)8(12)5-7(10)11/h5-6,14H,2-4,13H2,1H3. The van der Waals surface area contributed by atoms with E-state index in [1.54, 1.807) is 0 Å². The fourth-order valence-electron chi connectivity index (χ4n) is 1.24. The first-order chi connectivity index (χ1) is 9.06. The van der Waals surface area contributed by atoms with Gasteiger partial charge in [-0.15, -0.1) is 0 Å². The van der Waals surface area contributed by atoms with Crippen molar-refractivity contribution >= 4 is 47.2 Å². The molecule has 0 aromatic heterocycles. The van der Waals surface area contributed by atoms with Crippen molar-refractivity contribution in [1.29, 1.82) is 0 Å². The molecule has 0 saturated carbocycles. The molecule has 0 heterocycles. The van der Waals surface area contributed by atoms with E-state index in [2.05, 4.69) is 20.7 Å². The number of halogens is 2. The highest BCUT2D eigenvalue weighted by molar-refractivity contribution is 9.10. The van der Waals surface area contributed by atoms with E-state index in [1.165, 1.54) is 6.92 Å². The minimum Gasteiger partial charge on any atom is -0.396 e. The zero-order valence-corrected chi connectivity index (χ0v) is 13.8. The molecule has 10 heteroatoms. The van der Waals surface area contributed by atoms with Crippen LogP contribution in [0.5, 0.6) is 0 Å². The van der Waals surface area contributed by atoms with Crippen LogP contribution in [0.2, 0.25) is 0 Å². The van der Waals surface area contributed by atoms with Crippen LogP contribution in [0.3, 0.4) is 0 Å². The number of sulfonamides is 1. The summed E-state index contributed by atoms with van der Waals surface area (Å²) in [5, 5.41) is 0. The lowest BCUT2D eigenvalue weighted by Gasteiger charge is -2.11. The number of hydrogen-bond acceptors (Lipinski definition) is 5. The maximum atomic E-state index is 13.1. The summed E-state index contributed by atoms with van der Waals surface area (Å²) in [5.74, 6) is -1.87. The van der Waals surface area contributed by atoms with Gasteiger partial charge in [0.1, 0.15) is 5.82 Å². The van der Waals surface area contributed by atoms with Crippen molar-refractivity contribution in [3.63, 3.8) is 0 Å². The summed E-state index contributed by atoms with van der Waals surface area (Å²) in [7, 11) is -7.25. The SMILES string of the molecule is CCS(=O)(=O)CCS(=O)(=O)Nc1cc(N)c(F)cc1Br. The quantitative estimate of drug-likeness (QED) is 0.715. The summed E-state index contributed by atoms with van der Waals surface area (Å²) in [6, 6.07) is 2.14. The third-order valence-corrected chi connectivity index (χ3v) is 6.35. The van der Waals surface area contributed by atoms with Gasteiger partial charge < -0.3 is 5.73 Å². The molecule has 0 atom stereocenters. The topological polar surface area (TPSA) is 106 Å². The van der Waals surface area contributed by atoms with Crippen LogP contribution in [0.25, 0.3) is 0 Å². The van der Waals surface area contributed by atoms with Crippen LogP contribution >= 0.6 is 15.9 Å². The Morgan fingerprint density at radius 2 is 1.85 bits per heavy atom. The number of nitrogens with two attached hydrogens (primary N) is 1. The Balaban J connectivity index is 2.90. The van der Waals surface area contributed by atoms with Gasteiger partial charge in [0.05, 0.1) is 22.9 Å². The highest BCUT2D eigenvalue weighted by Gasteiger charge is 2.18. The summed E-state index contributed by atoms with van der Waals surface area (Å²) in [5.41, 5.74) is 5.18. The van der Waals surface area contributed by atoms with Crippen LogP contribution in [0, 0.1) is 5.82 Å². The third-order valence-electron chi connectivity index (χ3n) is 2.45. The largest absolute Gasteiger partial charge is 0.396 e. The molecule has 0 amide bonds. The predicted molar refractivity (Wildman–Crippen MR) is 80.2 cm³/mol. The Kier molecular flexibility index (Phi) is 5.39. The van der Waals surface area contributed by atoms with E-state index >= 15 is 0 Å². The summed E-state index contributed by atoms with van der Waals surface area (Å²) in [4.78, 5) is 0. The monoisotopic (exact) mass is 388 g/mol. The lowest BCUT2D eigenvalue weighted by Crippen LogP contribution is -2.24. The Hall–Kier alpha value is -0.870. The summed E-state index contributed by atoms with van der Waals surface area (Å²) in [6.07, 6.45) is 0. The average molecular weight is 389 g/mol. The van der Waals surface area contributed by atoms with E-state index in [1.807, 2.05) is 0 Å². The second kappa shape index (κ2) is 6.27. The van der Waals surface area contributed by atoms with E-state index < -0.39 is 37.2 Å². The first-order valence-corrected chi connectivity index (χ1v) is 9.78. The Labute approximate surface area is 125 Å². The number of sulfone groups is 1. The summed E-state index contributed by atoms with van der Waals surface area (Å²) in [6.45, 7) is 1.44. The van der Waals surface area contributed by atoms with Crippen molar-refractivity contribution in [1.82, 2.24) is 0 Å². The first kappa shape index (κ1) is 17.2. The van der Waals surface area contributed by atoms with Crippen molar-refractivity contribution in [3.05, 3.63) is 22.4 Å². The predicted octanol–water partition coefficient (Wildman–Crippen LogP) is 1.35. The van der Waals surface area contributed by atoms with Gasteiger partial charge in [0.25, 0.3) is 0 Å². The normalized spacial score (nSPS) is 12.3. The second-order valence-corrected chi connectivity index (χ2v) is 9.18. The first-order valence-electron chi connectivity index (χ1n) is 5.52. The number of benzene rings is 1. The Morgan fingerprint density at radius 1 is 1.25 bits per heavy atom. The third kappa shape index (κ3) is 4.91. The number of nitrogens with one attached hydrogen (secondary N) is 1. The van der Waals surface area contributed by atoms with E-state index in [0.29, 0.717) is 0 Å². The molecule has 0 bridgehead atoms. The molecular weight excluding hydrogens is 375 g/mol. The summed E-state index contributed by atoms with van der Waals surface area (Å²) >= 11 is 3.00. The van der Waals surface area contributed by atoms with Crippen molar-refractivity contribution in [2.45, 2.75) is 6.92 Å². The van der Waals surface area contributed by atoms with Crippen molar-refractivity contribution in [2.75, 3.05) is 27.7 Å². The van der Waals surface area contributed by atoms with Gasteiger partial charge >= 0.3 is 0 Å². The van der Waals surface area contributed by atoms with E-state index in [0.717, 1.165) is 12.1 Å². The van der Waals surface area contributed by atoms with Crippen LogP contribution in [-0.2, 0) is 19.9 Å². The molecule has 0 fully saturated rings. The van der Waals surface area contributed by atoms with Gasteiger partial charge in [-0.3, -0.25) is 4.72 Å². The maximum Gasteiger partial charge on any atom is 0.233 e. The lowest BCUT2D eigenvalue weighted by atomic mass is 10.3. The minimum atomic E-state index is -3.87.